The first kappa shape index (κ1) is 31.1. The molecular formula is C23H35F2O11P. The van der Waals surface area contributed by atoms with Crippen LogP contribution in [-0.2, 0) is 51.7 Å². The molecule has 0 radical (unpaired) electrons. The Labute approximate surface area is 214 Å². The minimum atomic E-state index is -5.37. The van der Waals surface area contributed by atoms with E-state index in [9.17, 15) is 23.7 Å². The predicted molar refractivity (Wildman–Crippen MR) is 122 cm³/mol. The van der Waals surface area contributed by atoms with Gasteiger partial charge in [-0.3, -0.25) is 32.8 Å². The number of hydrogen-bond acceptors (Lipinski definition) is 11. The molecule has 0 aromatic rings. The monoisotopic (exact) mass is 556 g/mol. The van der Waals surface area contributed by atoms with Gasteiger partial charge in [0.2, 0.25) is 13.6 Å². The molecular weight excluding hydrogens is 521 g/mol. The molecule has 0 N–H and O–H groups in total. The summed E-state index contributed by atoms with van der Waals surface area (Å²) in [5, 5.41) is 0. The summed E-state index contributed by atoms with van der Waals surface area (Å²) in [5.74, 6) is -6.13. The van der Waals surface area contributed by atoms with Crippen LogP contribution >= 0.6 is 7.60 Å². The molecule has 0 aliphatic heterocycles. The standard InChI is InChI=1S/C23H35F2O11P/c1-22(2,3)23(24,25)37(30,35-12-33-20(28)16-10-6-8-14(16)18(26)31-4)36-13-34-21(29)17-11-7-9-15(17)19(27)32-5/h14-17H,6-13H2,1-5H3. The summed E-state index contributed by atoms with van der Waals surface area (Å²) in [6, 6.07) is 0. The fourth-order valence-electron chi connectivity index (χ4n) is 4.48. The van der Waals surface area contributed by atoms with Gasteiger partial charge < -0.3 is 18.9 Å². The second kappa shape index (κ2) is 12.6. The number of carbonyl (C=O) groups is 4. The van der Waals surface area contributed by atoms with E-state index in [1.54, 1.807) is 0 Å². The first-order chi connectivity index (χ1) is 17.2. The van der Waals surface area contributed by atoms with Crippen LogP contribution in [-0.4, -0.2) is 57.3 Å². The van der Waals surface area contributed by atoms with E-state index in [4.69, 9.17) is 18.5 Å². The molecule has 37 heavy (non-hydrogen) atoms. The van der Waals surface area contributed by atoms with Crippen LogP contribution < -0.4 is 0 Å². The van der Waals surface area contributed by atoms with Crippen molar-refractivity contribution in [1.29, 1.82) is 0 Å². The molecule has 2 fully saturated rings. The number of rotatable bonds is 11. The highest BCUT2D eigenvalue weighted by molar-refractivity contribution is 7.55. The lowest BCUT2D eigenvalue weighted by Crippen LogP contribution is -2.36. The molecule has 2 aliphatic carbocycles. The van der Waals surface area contributed by atoms with Gasteiger partial charge in [0, 0.05) is 5.41 Å². The summed E-state index contributed by atoms with van der Waals surface area (Å²) < 4.78 is 72.3. The summed E-state index contributed by atoms with van der Waals surface area (Å²) in [4.78, 5) is 48.6. The number of ether oxygens (including phenoxy) is 4. The summed E-state index contributed by atoms with van der Waals surface area (Å²) >= 11 is 0. The molecule has 0 heterocycles. The topological polar surface area (TPSA) is 141 Å². The fraction of sp³-hybridized carbons (Fsp3) is 0.826. The molecule has 0 amide bonds. The van der Waals surface area contributed by atoms with Gasteiger partial charge in [-0.15, -0.1) is 0 Å². The average molecular weight is 556 g/mol. The number of halogens is 2. The second-order valence-electron chi connectivity index (χ2n) is 10.0. The highest BCUT2D eigenvalue weighted by atomic mass is 31.2. The highest BCUT2D eigenvalue weighted by Crippen LogP contribution is 2.68. The highest BCUT2D eigenvalue weighted by Gasteiger charge is 2.62. The van der Waals surface area contributed by atoms with Gasteiger partial charge in [-0.1, -0.05) is 33.6 Å². The molecule has 0 spiro atoms. The molecule has 0 aromatic heterocycles. The van der Waals surface area contributed by atoms with Crippen molar-refractivity contribution >= 4 is 31.5 Å². The molecule has 14 heteroatoms. The van der Waals surface area contributed by atoms with Crippen molar-refractivity contribution in [3.63, 3.8) is 0 Å². The Bertz CT molecular complexity index is 846. The number of carbonyl (C=O) groups excluding carboxylic acids is 4. The number of hydrogen-bond donors (Lipinski definition) is 0. The van der Waals surface area contributed by atoms with Gasteiger partial charge in [0.1, 0.15) is 0 Å². The van der Waals surface area contributed by atoms with Crippen LogP contribution in [0.4, 0.5) is 8.78 Å². The zero-order valence-corrected chi connectivity index (χ0v) is 22.6. The smallest absolute Gasteiger partial charge is 0.405 e. The van der Waals surface area contributed by atoms with E-state index in [0.717, 1.165) is 20.8 Å². The van der Waals surface area contributed by atoms with Gasteiger partial charge >= 0.3 is 37.1 Å². The Morgan fingerprint density at radius 2 is 1.03 bits per heavy atom. The fourth-order valence-corrected chi connectivity index (χ4v) is 6.09. The third-order valence-corrected chi connectivity index (χ3v) is 8.99. The Morgan fingerprint density at radius 1 is 0.703 bits per heavy atom. The van der Waals surface area contributed by atoms with E-state index in [0.29, 0.717) is 38.5 Å². The normalized spacial score (nSPS) is 25.7. The number of alkyl halides is 2. The van der Waals surface area contributed by atoms with Crippen molar-refractivity contribution in [2.75, 3.05) is 27.8 Å². The molecule has 0 saturated heterocycles. The first-order valence-corrected chi connectivity index (χ1v) is 13.5. The molecule has 4 atom stereocenters. The zero-order valence-electron chi connectivity index (χ0n) is 21.7. The van der Waals surface area contributed by atoms with E-state index in [2.05, 4.69) is 9.47 Å². The largest absolute Gasteiger partial charge is 0.469 e. The molecule has 0 aromatic carbocycles. The molecule has 2 saturated carbocycles. The maximum Gasteiger partial charge on any atom is 0.405 e. The van der Waals surface area contributed by atoms with Crippen LogP contribution in [0.5, 0.6) is 0 Å². The van der Waals surface area contributed by atoms with Gasteiger partial charge in [0.15, 0.2) is 0 Å². The summed E-state index contributed by atoms with van der Waals surface area (Å²) in [5.41, 5.74) is -6.00. The minimum absolute atomic E-state index is 0.328. The maximum atomic E-state index is 15.1. The van der Waals surface area contributed by atoms with Crippen LogP contribution in [0.15, 0.2) is 0 Å². The third-order valence-electron chi connectivity index (χ3n) is 6.74. The van der Waals surface area contributed by atoms with Crippen molar-refractivity contribution < 1.29 is 60.5 Å². The minimum Gasteiger partial charge on any atom is -0.469 e. The second-order valence-corrected chi connectivity index (χ2v) is 12.1. The van der Waals surface area contributed by atoms with Gasteiger partial charge in [-0.25, -0.2) is 0 Å². The van der Waals surface area contributed by atoms with Crippen LogP contribution in [0, 0.1) is 29.1 Å². The Balaban J connectivity index is 2.04. The Kier molecular flexibility index (Phi) is 10.6. The van der Waals surface area contributed by atoms with Crippen LogP contribution in [0.3, 0.4) is 0 Å². The molecule has 2 aliphatic rings. The average Bonchev–Trinajstić information content (AvgIpc) is 3.52. The van der Waals surface area contributed by atoms with E-state index in [1.807, 2.05) is 0 Å². The quantitative estimate of drug-likeness (QED) is 0.158. The van der Waals surface area contributed by atoms with Gasteiger partial charge in [-0.05, 0) is 25.7 Å². The predicted octanol–water partition coefficient (Wildman–Crippen LogP) is 4.03. The van der Waals surface area contributed by atoms with Crippen molar-refractivity contribution in [1.82, 2.24) is 0 Å². The molecule has 212 valence electrons. The lowest BCUT2D eigenvalue weighted by atomic mass is 9.96. The van der Waals surface area contributed by atoms with E-state index >= 15 is 8.78 Å². The third kappa shape index (κ3) is 7.06. The van der Waals surface area contributed by atoms with Crippen molar-refractivity contribution in [3.05, 3.63) is 0 Å². The van der Waals surface area contributed by atoms with E-state index in [-0.39, 0.29) is 0 Å². The summed E-state index contributed by atoms with van der Waals surface area (Å²) in [6.45, 7) is 1.01. The van der Waals surface area contributed by atoms with Crippen LogP contribution in [0.25, 0.3) is 0 Å². The van der Waals surface area contributed by atoms with E-state index < -0.39 is 79.8 Å². The van der Waals surface area contributed by atoms with Crippen molar-refractivity contribution in [2.24, 2.45) is 29.1 Å². The Hall–Kier alpha value is -2.11. The lowest BCUT2D eigenvalue weighted by Gasteiger charge is -2.34. The first-order valence-electron chi connectivity index (χ1n) is 12.0. The van der Waals surface area contributed by atoms with Crippen LogP contribution in [0.1, 0.15) is 59.3 Å². The lowest BCUT2D eigenvalue weighted by molar-refractivity contribution is -0.166. The molecule has 0 bridgehead atoms. The summed E-state index contributed by atoms with van der Waals surface area (Å²) in [7, 11) is -3.00. The van der Waals surface area contributed by atoms with Gasteiger partial charge in [-0.2, -0.15) is 8.78 Å². The molecule has 11 nitrogen and oxygen atoms in total. The van der Waals surface area contributed by atoms with Gasteiger partial charge in [0.25, 0.3) is 0 Å². The molecule has 2 rings (SSSR count). The van der Waals surface area contributed by atoms with E-state index in [1.165, 1.54) is 14.2 Å². The van der Waals surface area contributed by atoms with Gasteiger partial charge in [0.05, 0.1) is 37.9 Å². The zero-order chi connectivity index (χ0) is 28.0. The van der Waals surface area contributed by atoms with Crippen molar-refractivity contribution in [3.8, 4) is 0 Å². The van der Waals surface area contributed by atoms with Crippen LogP contribution in [0.2, 0.25) is 0 Å². The SMILES string of the molecule is COC(=O)C1CCCC1C(=O)OCOP(=O)(OCOC(=O)C1CCCC1C(=O)OC)C(F)(F)C(C)(C)C. The number of esters is 4. The van der Waals surface area contributed by atoms with Crippen molar-refractivity contribution in [2.45, 2.75) is 65.0 Å². The summed E-state index contributed by atoms with van der Waals surface area (Å²) in [6.07, 6.45) is 2.59. The Morgan fingerprint density at radius 3 is 1.32 bits per heavy atom. The molecule has 4 unspecified atom stereocenters. The maximum absolute atomic E-state index is 15.1. The number of methoxy groups -OCH3 is 2.